The molecule has 2 atom stereocenters. The third-order valence-electron chi connectivity index (χ3n) is 6.24. The number of hydrogen-bond donors (Lipinski definition) is 2. The topological polar surface area (TPSA) is 93.9 Å². The van der Waals surface area contributed by atoms with E-state index in [4.69, 9.17) is 15.2 Å². The van der Waals surface area contributed by atoms with E-state index in [0.29, 0.717) is 41.3 Å². The number of likely N-dealkylation sites (tertiary alicyclic amines) is 1. The van der Waals surface area contributed by atoms with Crippen LogP contribution in [0, 0.1) is 5.92 Å². The fraction of sp³-hybridized carbons (Fsp3) is 0.290. The highest BCUT2D eigenvalue weighted by Crippen LogP contribution is 2.37. The highest BCUT2D eigenvalue weighted by molar-refractivity contribution is 6.01. The molecule has 2 rings (SSSR count). The molecule has 0 radical (unpaired) electrons. The first-order valence-electron chi connectivity index (χ1n) is 12.6. The molecule has 1 fully saturated rings. The second kappa shape index (κ2) is 15.1. The van der Waals surface area contributed by atoms with E-state index in [1.165, 1.54) is 13.3 Å². The molecule has 38 heavy (non-hydrogen) atoms. The van der Waals surface area contributed by atoms with Gasteiger partial charge >= 0.3 is 0 Å². The number of carbonyl (C=O) groups excluding carboxylic acids is 2. The van der Waals surface area contributed by atoms with Gasteiger partial charge in [0.15, 0.2) is 11.5 Å². The van der Waals surface area contributed by atoms with Gasteiger partial charge in [-0.1, -0.05) is 68.7 Å². The zero-order valence-corrected chi connectivity index (χ0v) is 22.8. The molecule has 3 N–H and O–H groups in total. The lowest BCUT2D eigenvalue weighted by atomic mass is 9.78. The van der Waals surface area contributed by atoms with Crippen LogP contribution >= 0.6 is 0 Å². The fourth-order valence-corrected chi connectivity index (χ4v) is 4.50. The van der Waals surface area contributed by atoms with E-state index in [0.717, 1.165) is 5.57 Å². The molecule has 1 aromatic carbocycles. The van der Waals surface area contributed by atoms with Crippen molar-refractivity contribution in [1.82, 2.24) is 4.90 Å². The summed E-state index contributed by atoms with van der Waals surface area (Å²) in [6, 6.07) is 4.61. The Balaban J connectivity index is 2.63. The smallest absolute Gasteiger partial charge is 0.250 e. The maximum absolute atomic E-state index is 13.9. The van der Waals surface area contributed by atoms with E-state index in [-0.39, 0.29) is 18.2 Å². The molecule has 202 valence electrons. The quantitative estimate of drug-likeness (QED) is 0.283. The minimum Gasteiger partial charge on any atom is -0.493 e. The maximum atomic E-state index is 13.9. The maximum Gasteiger partial charge on any atom is 0.250 e. The molecule has 0 spiro atoms. The molecule has 0 bridgehead atoms. The molecule has 2 amide bonds. The van der Waals surface area contributed by atoms with Crippen molar-refractivity contribution >= 4 is 17.5 Å². The van der Waals surface area contributed by atoms with Crippen LogP contribution in [0.1, 0.15) is 26.7 Å². The molecular formula is C31H39N3O4. The lowest BCUT2D eigenvalue weighted by Crippen LogP contribution is -2.54. The van der Waals surface area contributed by atoms with Crippen molar-refractivity contribution < 1.29 is 19.1 Å². The van der Waals surface area contributed by atoms with Crippen molar-refractivity contribution in [1.29, 1.82) is 0 Å². The van der Waals surface area contributed by atoms with Crippen molar-refractivity contribution in [2.75, 3.05) is 26.1 Å². The number of nitrogens with one attached hydrogen (secondary N) is 1. The van der Waals surface area contributed by atoms with Crippen molar-refractivity contribution in [2.45, 2.75) is 32.7 Å². The predicted octanol–water partition coefficient (Wildman–Crippen LogP) is 5.47. The van der Waals surface area contributed by atoms with Gasteiger partial charge in [0.05, 0.1) is 26.2 Å². The highest BCUT2D eigenvalue weighted by Gasteiger charge is 2.44. The molecule has 1 aliphatic heterocycles. The summed E-state index contributed by atoms with van der Waals surface area (Å²) in [5.41, 5.74) is 8.78. The van der Waals surface area contributed by atoms with Crippen LogP contribution in [0.5, 0.6) is 11.5 Å². The Kier molecular flexibility index (Phi) is 11.9. The van der Waals surface area contributed by atoms with Crippen LogP contribution < -0.4 is 20.5 Å². The third kappa shape index (κ3) is 7.16. The minimum absolute atomic E-state index is 0.122. The Bertz CT molecular complexity index is 1170. The number of carbonyl (C=O) groups is 2. The van der Waals surface area contributed by atoms with E-state index in [2.05, 4.69) is 18.5 Å². The van der Waals surface area contributed by atoms with Crippen molar-refractivity contribution in [2.24, 2.45) is 11.7 Å². The van der Waals surface area contributed by atoms with Gasteiger partial charge in [0.25, 0.3) is 0 Å². The predicted molar refractivity (Wildman–Crippen MR) is 155 cm³/mol. The average molecular weight is 518 g/mol. The van der Waals surface area contributed by atoms with Crippen molar-refractivity contribution in [3.05, 3.63) is 103 Å². The first-order chi connectivity index (χ1) is 18.4. The Morgan fingerprint density at radius 3 is 2.45 bits per heavy atom. The van der Waals surface area contributed by atoms with Crippen molar-refractivity contribution in [3.63, 3.8) is 0 Å². The largest absolute Gasteiger partial charge is 0.493 e. The van der Waals surface area contributed by atoms with Crippen LogP contribution in [0.25, 0.3) is 0 Å². The number of methoxy groups -OCH3 is 2. The third-order valence-corrected chi connectivity index (χ3v) is 6.24. The number of nitrogens with two attached hydrogens (primary N) is 1. The van der Waals surface area contributed by atoms with Gasteiger partial charge < -0.3 is 25.4 Å². The number of benzene rings is 1. The number of amides is 2. The summed E-state index contributed by atoms with van der Waals surface area (Å²) in [6.07, 6.45) is 16.6. The summed E-state index contributed by atoms with van der Waals surface area (Å²) in [6.45, 7) is 11.8. The summed E-state index contributed by atoms with van der Waals surface area (Å²) in [5.74, 6) is 0.0783. The molecule has 1 aromatic rings. The number of hydrogen-bond acceptors (Lipinski definition) is 5. The van der Waals surface area contributed by atoms with Gasteiger partial charge in [-0.25, -0.2) is 0 Å². The lowest BCUT2D eigenvalue weighted by Gasteiger charge is -2.43. The van der Waals surface area contributed by atoms with Crippen LogP contribution in [0.3, 0.4) is 0 Å². The molecule has 0 saturated carbocycles. The summed E-state index contributed by atoms with van der Waals surface area (Å²) in [5, 5.41) is 3.02. The van der Waals surface area contributed by atoms with Gasteiger partial charge in [0, 0.05) is 23.9 Å². The van der Waals surface area contributed by atoms with Gasteiger partial charge in [-0.15, -0.1) is 0 Å². The number of ether oxygens (including phenoxy) is 2. The van der Waals surface area contributed by atoms with E-state index in [9.17, 15) is 9.59 Å². The Morgan fingerprint density at radius 2 is 1.87 bits per heavy atom. The molecule has 7 heteroatoms. The second-order valence-electron chi connectivity index (χ2n) is 8.59. The number of nitrogens with zero attached hydrogens (tertiary/aromatic N) is 1. The summed E-state index contributed by atoms with van der Waals surface area (Å²) in [4.78, 5) is 29.3. The van der Waals surface area contributed by atoms with Gasteiger partial charge in [-0.3, -0.25) is 9.59 Å². The van der Waals surface area contributed by atoms with Gasteiger partial charge in [-0.2, -0.15) is 0 Å². The standard InChI is InChI=1S/C31H39N3O4/c1-7-11-13-15-23-19-25(30(35)33-24-16-17-27(37-5)28(20-24)38-6)29(34(18-9-3)31(23)36)26(21-32)22(10-4)14-12-8-2/h7-8,10-17,20-21,25,29H,1-2,9,18-19,32H2,3-6H3,(H,33,35)/b13-11-,14-12-,22-10+,23-15+,26-21+. The minimum atomic E-state index is -0.613. The van der Waals surface area contributed by atoms with E-state index in [1.807, 2.05) is 26.0 Å². The summed E-state index contributed by atoms with van der Waals surface area (Å²) < 4.78 is 10.7. The summed E-state index contributed by atoms with van der Waals surface area (Å²) in [7, 11) is 3.09. The molecule has 7 nitrogen and oxygen atoms in total. The number of allylic oxidation sites excluding steroid dienone is 8. The lowest BCUT2D eigenvalue weighted by molar-refractivity contribution is -0.135. The number of rotatable bonds is 12. The van der Waals surface area contributed by atoms with Gasteiger partial charge in [0.1, 0.15) is 0 Å². The number of anilines is 1. The average Bonchev–Trinajstić information content (AvgIpc) is 2.93. The Morgan fingerprint density at radius 1 is 1.16 bits per heavy atom. The Hall–Kier alpha value is -4.26. The fourth-order valence-electron chi connectivity index (χ4n) is 4.50. The molecule has 0 aromatic heterocycles. The monoisotopic (exact) mass is 517 g/mol. The normalized spacial score (nSPS) is 19.7. The van der Waals surface area contributed by atoms with Crippen LogP contribution in [0.4, 0.5) is 5.69 Å². The molecular weight excluding hydrogens is 478 g/mol. The SMILES string of the molecule is C=C/C=C\C=C1/CC(C(=O)Nc2ccc(OC)c(OC)c2)C(C(=C/N)/C(/C=C\C=C)=C/C)N(CCC)C1=O. The van der Waals surface area contributed by atoms with Crippen LogP contribution in [-0.2, 0) is 9.59 Å². The van der Waals surface area contributed by atoms with Crippen molar-refractivity contribution in [3.8, 4) is 11.5 Å². The molecule has 2 unspecified atom stereocenters. The molecule has 1 aliphatic rings. The summed E-state index contributed by atoms with van der Waals surface area (Å²) >= 11 is 0. The van der Waals surface area contributed by atoms with Gasteiger partial charge in [0.2, 0.25) is 11.8 Å². The van der Waals surface area contributed by atoms with E-state index < -0.39 is 12.0 Å². The van der Waals surface area contributed by atoms with E-state index in [1.54, 1.807) is 66.7 Å². The molecule has 1 heterocycles. The van der Waals surface area contributed by atoms with E-state index >= 15 is 0 Å². The van der Waals surface area contributed by atoms with Crippen LogP contribution in [0.15, 0.2) is 103 Å². The van der Waals surface area contributed by atoms with Crippen LogP contribution in [-0.4, -0.2) is 43.5 Å². The zero-order valence-electron chi connectivity index (χ0n) is 22.8. The van der Waals surface area contributed by atoms with Crippen LogP contribution in [0.2, 0.25) is 0 Å². The highest BCUT2D eigenvalue weighted by atomic mass is 16.5. The number of piperidine rings is 1. The first kappa shape index (κ1) is 30.0. The molecule has 1 saturated heterocycles. The molecule has 0 aliphatic carbocycles. The Labute approximate surface area is 226 Å². The zero-order chi connectivity index (χ0) is 28.1. The van der Waals surface area contributed by atoms with Gasteiger partial charge in [-0.05, 0) is 49.2 Å². The second-order valence-corrected chi connectivity index (χ2v) is 8.59. The first-order valence-corrected chi connectivity index (χ1v) is 12.6.